The van der Waals surface area contributed by atoms with Gasteiger partial charge in [-0.1, -0.05) is 6.08 Å². The van der Waals surface area contributed by atoms with Crippen molar-refractivity contribution >= 4 is 29.9 Å². The fraction of sp³-hybridized carbons (Fsp3) is 0.583. The minimum atomic E-state index is 0. The van der Waals surface area contributed by atoms with Crippen molar-refractivity contribution in [3.05, 3.63) is 24.3 Å². The lowest BCUT2D eigenvalue weighted by atomic mass is 10.4. The van der Waals surface area contributed by atoms with Crippen LogP contribution in [-0.4, -0.2) is 33.8 Å². The van der Waals surface area contributed by atoms with Crippen molar-refractivity contribution in [2.75, 3.05) is 13.1 Å². The van der Waals surface area contributed by atoms with E-state index in [1.807, 2.05) is 13.0 Å². The van der Waals surface area contributed by atoms with E-state index in [2.05, 4.69) is 37.0 Å². The number of nitrogens with zero attached hydrogens (tertiary/aromatic N) is 4. The van der Waals surface area contributed by atoms with Gasteiger partial charge in [-0.2, -0.15) is 0 Å². The predicted octanol–water partition coefficient (Wildman–Crippen LogP) is 1.08. The normalized spacial score (nSPS) is 13.6. The molecule has 0 atom stereocenters. The van der Waals surface area contributed by atoms with Crippen LogP contribution in [0.5, 0.6) is 0 Å². The average Bonchev–Trinajstić information content (AvgIpc) is 2.96. The molecule has 0 spiro atoms. The number of hydrogen-bond acceptors (Lipinski definition) is 3. The Morgan fingerprint density at radius 1 is 1.47 bits per heavy atom. The Morgan fingerprint density at radius 2 is 2.32 bits per heavy atom. The van der Waals surface area contributed by atoms with E-state index in [1.54, 1.807) is 0 Å². The maximum Gasteiger partial charge on any atom is 0.191 e. The molecule has 0 radical (unpaired) electrons. The van der Waals surface area contributed by atoms with Crippen molar-refractivity contribution in [2.45, 2.75) is 32.9 Å². The van der Waals surface area contributed by atoms with Crippen LogP contribution in [0.25, 0.3) is 0 Å². The minimum Gasteiger partial charge on any atom is -0.357 e. The van der Waals surface area contributed by atoms with Crippen molar-refractivity contribution in [3.8, 4) is 0 Å². The number of guanidine groups is 1. The lowest BCUT2D eigenvalue weighted by Gasteiger charge is -2.09. The van der Waals surface area contributed by atoms with E-state index >= 15 is 0 Å². The summed E-state index contributed by atoms with van der Waals surface area (Å²) in [6, 6.07) is 0. The first kappa shape index (κ1) is 15.9. The molecule has 0 aliphatic carbocycles. The molecule has 19 heavy (non-hydrogen) atoms. The van der Waals surface area contributed by atoms with Crippen LogP contribution >= 0.6 is 24.0 Å². The first-order valence-electron chi connectivity index (χ1n) is 6.39. The van der Waals surface area contributed by atoms with Crippen LogP contribution in [0, 0.1) is 0 Å². The number of fused-ring (bicyclic) bond motifs is 1. The summed E-state index contributed by atoms with van der Waals surface area (Å²) in [6.45, 7) is 8.82. The molecule has 0 fully saturated rings. The molecular formula is C12H21IN6. The summed E-state index contributed by atoms with van der Waals surface area (Å²) in [4.78, 5) is 4.49. The third-order valence-corrected chi connectivity index (χ3v) is 2.82. The molecule has 1 aliphatic rings. The number of aromatic nitrogens is 3. The van der Waals surface area contributed by atoms with Gasteiger partial charge in [0.25, 0.3) is 0 Å². The highest BCUT2D eigenvalue weighted by Gasteiger charge is 2.16. The van der Waals surface area contributed by atoms with Crippen LogP contribution in [-0.2, 0) is 19.5 Å². The summed E-state index contributed by atoms with van der Waals surface area (Å²) in [5.41, 5.74) is 0. The van der Waals surface area contributed by atoms with Gasteiger partial charge in [-0.3, -0.25) is 0 Å². The topological polar surface area (TPSA) is 67.1 Å². The fourth-order valence-electron chi connectivity index (χ4n) is 1.99. The van der Waals surface area contributed by atoms with E-state index in [-0.39, 0.29) is 24.0 Å². The zero-order valence-corrected chi connectivity index (χ0v) is 13.6. The van der Waals surface area contributed by atoms with Crippen LogP contribution in [0.15, 0.2) is 17.6 Å². The Morgan fingerprint density at radius 3 is 3.05 bits per heavy atom. The Hall–Kier alpha value is -1.12. The Bertz CT molecular complexity index is 439. The van der Waals surface area contributed by atoms with Crippen LogP contribution in [0.3, 0.4) is 0 Å². The average molecular weight is 376 g/mol. The summed E-state index contributed by atoms with van der Waals surface area (Å²) in [7, 11) is 0. The van der Waals surface area contributed by atoms with E-state index in [4.69, 9.17) is 0 Å². The second-order valence-electron chi connectivity index (χ2n) is 4.15. The van der Waals surface area contributed by atoms with Crippen molar-refractivity contribution in [1.82, 2.24) is 25.4 Å². The molecule has 0 aromatic carbocycles. The van der Waals surface area contributed by atoms with Gasteiger partial charge in [-0.05, 0) is 13.3 Å². The Kier molecular flexibility index (Phi) is 6.82. The van der Waals surface area contributed by atoms with E-state index in [0.29, 0.717) is 13.1 Å². The molecule has 6 nitrogen and oxygen atoms in total. The smallest absolute Gasteiger partial charge is 0.191 e. The molecule has 1 aromatic heterocycles. The maximum atomic E-state index is 4.49. The SMILES string of the molecule is C=CCNC(=NCc1nnc2n1CCC2)NCC.I. The van der Waals surface area contributed by atoms with Crippen LogP contribution in [0.4, 0.5) is 0 Å². The molecule has 2 heterocycles. The van der Waals surface area contributed by atoms with Crippen molar-refractivity contribution in [3.63, 3.8) is 0 Å². The number of rotatable bonds is 5. The molecule has 0 saturated heterocycles. The zero-order valence-electron chi connectivity index (χ0n) is 11.2. The first-order valence-corrected chi connectivity index (χ1v) is 6.39. The van der Waals surface area contributed by atoms with Gasteiger partial charge in [-0.15, -0.1) is 40.8 Å². The minimum absolute atomic E-state index is 0. The third-order valence-electron chi connectivity index (χ3n) is 2.82. The second kappa shape index (κ2) is 8.13. The van der Waals surface area contributed by atoms with Crippen LogP contribution in [0.2, 0.25) is 0 Å². The number of halogens is 1. The van der Waals surface area contributed by atoms with Gasteiger partial charge in [0.15, 0.2) is 11.8 Å². The number of nitrogens with one attached hydrogen (secondary N) is 2. The van der Waals surface area contributed by atoms with Gasteiger partial charge >= 0.3 is 0 Å². The molecule has 2 N–H and O–H groups in total. The molecule has 0 unspecified atom stereocenters. The lowest BCUT2D eigenvalue weighted by Crippen LogP contribution is -2.37. The Balaban J connectivity index is 0.00000180. The lowest BCUT2D eigenvalue weighted by molar-refractivity contribution is 0.685. The standard InChI is InChI=1S/C12H20N6.HI/c1-3-7-14-12(13-4-2)15-9-11-17-16-10-6-5-8-18(10)11;/h3H,1,4-9H2,2H3,(H2,13,14,15);1H. The predicted molar refractivity (Wildman–Crippen MR) is 86.8 cm³/mol. The summed E-state index contributed by atoms with van der Waals surface area (Å²) in [5.74, 6) is 2.82. The molecular weight excluding hydrogens is 355 g/mol. The van der Waals surface area contributed by atoms with E-state index in [9.17, 15) is 0 Å². The van der Waals surface area contributed by atoms with Crippen molar-refractivity contribution in [1.29, 1.82) is 0 Å². The summed E-state index contributed by atoms with van der Waals surface area (Å²) >= 11 is 0. The van der Waals surface area contributed by atoms with Gasteiger partial charge in [0.05, 0.1) is 0 Å². The maximum absolute atomic E-state index is 4.49. The van der Waals surface area contributed by atoms with Gasteiger partial charge in [0, 0.05) is 26.1 Å². The molecule has 1 aromatic rings. The van der Waals surface area contributed by atoms with Crippen LogP contribution < -0.4 is 10.6 Å². The first-order chi connectivity index (χ1) is 8.85. The largest absolute Gasteiger partial charge is 0.357 e. The Labute approximate surface area is 130 Å². The van der Waals surface area contributed by atoms with Gasteiger partial charge in [0.1, 0.15) is 12.4 Å². The highest BCUT2D eigenvalue weighted by Crippen LogP contribution is 2.14. The van der Waals surface area contributed by atoms with E-state index in [1.165, 1.54) is 0 Å². The third kappa shape index (κ3) is 4.19. The van der Waals surface area contributed by atoms with Crippen molar-refractivity contribution < 1.29 is 0 Å². The zero-order chi connectivity index (χ0) is 12.8. The second-order valence-corrected chi connectivity index (χ2v) is 4.15. The number of hydrogen-bond donors (Lipinski definition) is 2. The number of aliphatic imine (C=N–C) groups is 1. The monoisotopic (exact) mass is 376 g/mol. The highest BCUT2D eigenvalue weighted by molar-refractivity contribution is 14.0. The van der Waals surface area contributed by atoms with E-state index in [0.717, 1.165) is 43.5 Å². The van der Waals surface area contributed by atoms with Gasteiger partial charge < -0.3 is 15.2 Å². The van der Waals surface area contributed by atoms with Crippen LogP contribution in [0.1, 0.15) is 25.0 Å². The summed E-state index contributed by atoms with van der Waals surface area (Å²) in [5, 5.41) is 14.7. The molecule has 2 rings (SSSR count). The molecule has 106 valence electrons. The molecule has 0 saturated carbocycles. The quantitative estimate of drug-likeness (QED) is 0.349. The van der Waals surface area contributed by atoms with Gasteiger partial charge in [0.2, 0.25) is 0 Å². The molecule has 7 heteroatoms. The van der Waals surface area contributed by atoms with Crippen molar-refractivity contribution in [2.24, 2.45) is 4.99 Å². The molecule has 0 bridgehead atoms. The fourth-order valence-corrected chi connectivity index (χ4v) is 1.99. The highest BCUT2D eigenvalue weighted by atomic mass is 127. The number of aryl methyl sites for hydroxylation is 1. The molecule has 0 amide bonds. The molecule has 1 aliphatic heterocycles. The summed E-state index contributed by atoms with van der Waals surface area (Å²) < 4.78 is 2.17. The van der Waals surface area contributed by atoms with E-state index < -0.39 is 0 Å². The van der Waals surface area contributed by atoms with Gasteiger partial charge in [-0.25, -0.2) is 4.99 Å². The summed E-state index contributed by atoms with van der Waals surface area (Å²) in [6.07, 6.45) is 4.00.